The van der Waals surface area contributed by atoms with E-state index in [1.165, 1.54) is 0 Å². The molecule has 1 aromatic carbocycles. The van der Waals surface area contributed by atoms with Gasteiger partial charge in [-0.3, -0.25) is 0 Å². The summed E-state index contributed by atoms with van der Waals surface area (Å²) in [7, 11) is 0. The molecule has 24 heavy (non-hydrogen) atoms. The van der Waals surface area contributed by atoms with Gasteiger partial charge in [-0.15, -0.1) is 5.10 Å². The van der Waals surface area contributed by atoms with Gasteiger partial charge < -0.3 is 4.74 Å². The van der Waals surface area contributed by atoms with E-state index in [0.29, 0.717) is 5.92 Å². The topological polar surface area (TPSA) is 68.1 Å². The highest BCUT2D eigenvalue weighted by atomic mass is 16.5. The van der Waals surface area contributed by atoms with Crippen LogP contribution in [-0.2, 0) is 4.74 Å². The fraction of sp³-hybridized carbons (Fsp3) is 0.588. The van der Waals surface area contributed by atoms with Crippen LogP contribution in [0.25, 0.3) is 5.69 Å². The summed E-state index contributed by atoms with van der Waals surface area (Å²) in [5.41, 5.74) is 6.99. The van der Waals surface area contributed by atoms with Crippen LogP contribution in [0.3, 0.4) is 0 Å². The highest BCUT2D eigenvalue weighted by Crippen LogP contribution is 2.25. The largest absolute Gasteiger partial charge is 0.379 e. The Morgan fingerprint density at radius 2 is 1.79 bits per heavy atom. The van der Waals surface area contributed by atoms with Crippen molar-refractivity contribution in [1.29, 1.82) is 0 Å². The summed E-state index contributed by atoms with van der Waals surface area (Å²) >= 11 is 0. The first-order valence-corrected chi connectivity index (χ1v) is 8.51. The number of morpholine rings is 1. The minimum atomic E-state index is 0.0390. The fourth-order valence-corrected chi connectivity index (χ4v) is 3.08. The Balaban J connectivity index is 1.94. The SMILES string of the molecule is Cc1cccc(C)c1-n1nnnc1[C@H](NN1CCOCC1)C(C)C. The lowest BCUT2D eigenvalue weighted by molar-refractivity contribution is -0.00208. The van der Waals surface area contributed by atoms with Crippen LogP contribution in [0.5, 0.6) is 0 Å². The van der Waals surface area contributed by atoms with Crippen molar-refractivity contribution in [1.82, 2.24) is 30.6 Å². The molecule has 130 valence electrons. The van der Waals surface area contributed by atoms with Crippen LogP contribution < -0.4 is 5.43 Å². The van der Waals surface area contributed by atoms with E-state index >= 15 is 0 Å². The second-order valence-electron chi connectivity index (χ2n) is 6.64. The summed E-state index contributed by atoms with van der Waals surface area (Å²) in [5, 5.41) is 14.8. The molecule has 0 spiro atoms. The molecule has 0 unspecified atom stereocenters. The number of aryl methyl sites for hydroxylation is 2. The fourth-order valence-electron chi connectivity index (χ4n) is 3.08. The van der Waals surface area contributed by atoms with Crippen molar-refractivity contribution in [3.8, 4) is 5.69 Å². The van der Waals surface area contributed by atoms with Gasteiger partial charge in [0.15, 0.2) is 5.82 Å². The van der Waals surface area contributed by atoms with Crippen molar-refractivity contribution in [2.24, 2.45) is 5.92 Å². The van der Waals surface area contributed by atoms with Crippen molar-refractivity contribution in [2.45, 2.75) is 33.7 Å². The van der Waals surface area contributed by atoms with Gasteiger partial charge >= 0.3 is 0 Å². The molecule has 1 fully saturated rings. The van der Waals surface area contributed by atoms with Gasteiger partial charge in [0.1, 0.15) is 0 Å². The van der Waals surface area contributed by atoms with Crippen LogP contribution in [0, 0.1) is 19.8 Å². The molecule has 0 saturated carbocycles. The molecule has 1 aliphatic rings. The number of nitrogens with one attached hydrogen (secondary N) is 1. The van der Waals surface area contributed by atoms with E-state index in [9.17, 15) is 0 Å². The summed E-state index contributed by atoms with van der Waals surface area (Å²) in [6.07, 6.45) is 0. The summed E-state index contributed by atoms with van der Waals surface area (Å²) in [6, 6.07) is 6.28. The van der Waals surface area contributed by atoms with E-state index < -0.39 is 0 Å². The van der Waals surface area contributed by atoms with E-state index in [0.717, 1.165) is 48.9 Å². The zero-order chi connectivity index (χ0) is 17.1. The minimum absolute atomic E-state index is 0.0390. The van der Waals surface area contributed by atoms with Crippen LogP contribution in [0.2, 0.25) is 0 Å². The predicted molar refractivity (Wildman–Crippen MR) is 91.7 cm³/mol. The molecule has 2 aromatic rings. The third-order valence-electron chi connectivity index (χ3n) is 4.42. The molecule has 1 saturated heterocycles. The second-order valence-corrected chi connectivity index (χ2v) is 6.64. The molecule has 7 heteroatoms. The van der Waals surface area contributed by atoms with Crippen LogP contribution in [0.1, 0.15) is 36.8 Å². The van der Waals surface area contributed by atoms with Crippen LogP contribution in [0.15, 0.2) is 18.2 Å². The van der Waals surface area contributed by atoms with E-state index in [2.05, 4.69) is 71.9 Å². The van der Waals surface area contributed by atoms with E-state index in [4.69, 9.17) is 4.74 Å². The summed E-state index contributed by atoms with van der Waals surface area (Å²) in [4.78, 5) is 0. The highest BCUT2D eigenvalue weighted by Gasteiger charge is 2.27. The lowest BCUT2D eigenvalue weighted by Gasteiger charge is -2.32. The Labute approximate surface area is 143 Å². The van der Waals surface area contributed by atoms with E-state index in [1.807, 2.05) is 4.68 Å². The van der Waals surface area contributed by atoms with Crippen LogP contribution in [0.4, 0.5) is 0 Å². The van der Waals surface area contributed by atoms with Gasteiger partial charge in [-0.25, -0.2) is 10.4 Å². The number of hydrazine groups is 1. The molecule has 3 rings (SSSR count). The summed E-state index contributed by atoms with van der Waals surface area (Å²) in [5.74, 6) is 1.19. The smallest absolute Gasteiger partial charge is 0.175 e. The Morgan fingerprint density at radius 3 is 2.42 bits per heavy atom. The van der Waals surface area contributed by atoms with Crippen molar-refractivity contribution < 1.29 is 4.74 Å². The summed E-state index contributed by atoms with van der Waals surface area (Å²) in [6.45, 7) is 11.8. The predicted octanol–water partition coefficient (Wildman–Crippen LogP) is 1.81. The average molecular weight is 330 g/mol. The molecule has 0 amide bonds. The number of ether oxygens (including phenoxy) is 1. The molecule has 1 N–H and O–H groups in total. The van der Waals surface area contributed by atoms with Gasteiger partial charge in [-0.1, -0.05) is 32.0 Å². The molecule has 1 atom stereocenters. The van der Waals surface area contributed by atoms with Gasteiger partial charge in [0.05, 0.1) is 24.9 Å². The quantitative estimate of drug-likeness (QED) is 0.902. The number of aromatic nitrogens is 4. The van der Waals surface area contributed by atoms with Gasteiger partial charge in [0, 0.05) is 13.1 Å². The van der Waals surface area contributed by atoms with Crippen LogP contribution >= 0.6 is 0 Å². The number of hydrogen-bond donors (Lipinski definition) is 1. The standard InChI is InChI=1S/C17H26N6O/c1-12(2)15(19-22-8-10-24-11-9-22)17-18-20-21-23(17)16-13(3)6-5-7-14(16)4/h5-7,12,15,19H,8-11H2,1-4H3/t15-/m1/s1. The van der Waals surface area contributed by atoms with Gasteiger partial charge in [0.25, 0.3) is 0 Å². The zero-order valence-electron chi connectivity index (χ0n) is 14.9. The third-order valence-corrected chi connectivity index (χ3v) is 4.42. The molecule has 0 radical (unpaired) electrons. The molecule has 0 aliphatic carbocycles. The maximum Gasteiger partial charge on any atom is 0.175 e. The number of para-hydroxylation sites is 1. The number of tetrazole rings is 1. The van der Waals surface area contributed by atoms with Gasteiger partial charge in [-0.2, -0.15) is 4.68 Å². The Morgan fingerprint density at radius 1 is 1.12 bits per heavy atom. The number of rotatable bonds is 5. The number of benzene rings is 1. The first-order valence-electron chi connectivity index (χ1n) is 8.51. The Bertz CT molecular complexity index is 657. The molecule has 2 heterocycles. The van der Waals surface area contributed by atoms with Crippen molar-refractivity contribution in [3.05, 3.63) is 35.2 Å². The lowest BCUT2D eigenvalue weighted by Crippen LogP contribution is -2.48. The van der Waals surface area contributed by atoms with Crippen molar-refractivity contribution >= 4 is 0 Å². The van der Waals surface area contributed by atoms with Gasteiger partial charge in [0.2, 0.25) is 0 Å². The first kappa shape index (κ1) is 17.0. The molecule has 1 aromatic heterocycles. The minimum Gasteiger partial charge on any atom is -0.379 e. The highest BCUT2D eigenvalue weighted by molar-refractivity contribution is 5.46. The molecule has 1 aliphatic heterocycles. The van der Waals surface area contributed by atoms with E-state index in [-0.39, 0.29) is 6.04 Å². The second kappa shape index (κ2) is 7.38. The third kappa shape index (κ3) is 3.48. The molecule has 0 bridgehead atoms. The molecular weight excluding hydrogens is 304 g/mol. The average Bonchev–Trinajstić information content (AvgIpc) is 3.02. The van der Waals surface area contributed by atoms with Crippen LogP contribution in [-0.4, -0.2) is 51.5 Å². The van der Waals surface area contributed by atoms with Crippen molar-refractivity contribution in [2.75, 3.05) is 26.3 Å². The zero-order valence-corrected chi connectivity index (χ0v) is 14.9. The summed E-state index contributed by atoms with van der Waals surface area (Å²) < 4.78 is 7.31. The van der Waals surface area contributed by atoms with E-state index in [1.54, 1.807) is 0 Å². The first-order chi connectivity index (χ1) is 11.6. The molecule has 7 nitrogen and oxygen atoms in total. The normalized spacial score (nSPS) is 17.4. The van der Waals surface area contributed by atoms with Gasteiger partial charge in [-0.05, 0) is 41.3 Å². The Kier molecular flexibility index (Phi) is 5.23. The van der Waals surface area contributed by atoms with Crippen molar-refractivity contribution in [3.63, 3.8) is 0 Å². The number of hydrogen-bond acceptors (Lipinski definition) is 6. The maximum absolute atomic E-state index is 5.43. The Hall–Kier alpha value is -1.83. The number of nitrogens with zero attached hydrogens (tertiary/aromatic N) is 5. The maximum atomic E-state index is 5.43. The monoisotopic (exact) mass is 330 g/mol. The molecular formula is C17H26N6O. The lowest BCUT2D eigenvalue weighted by atomic mass is 10.0.